The molecule has 0 radical (unpaired) electrons. The Balaban J connectivity index is 1.49. The Kier molecular flexibility index (Phi) is 8.04. The van der Waals surface area contributed by atoms with E-state index in [0.717, 1.165) is 41.2 Å². The molecular weight excluding hydrogens is 424 g/mol. The van der Waals surface area contributed by atoms with Crippen molar-refractivity contribution in [3.8, 4) is 0 Å². The van der Waals surface area contributed by atoms with Crippen molar-refractivity contribution in [1.82, 2.24) is 15.6 Å². The van der Waals surface area contributed by atoms with E-state index in [9.17, 15) is 9.59 Å². The Morgan fingerprint density at radius 2 is 1.84 bits per heavy atom. The van der Waals surface area contributed by atoms with Crippen LogP contribution in [0.2, 0.25) is 0 Å². The number of carbonyl (C=O) groups excluding carboxylic acids is 2. The molecule has 2 N–H and O–H groups in total. The van der Waals surface area contributed by atoms with Crippen molar-refractivity contribution in [3.05, 3.63) is 70.2 Å². The highest BCUT2D eigenvalue weighted by Crippen LogP contribution is 2.17. The van der Waals surface area contributed by atoms with Crippen LogP contribution in [0.15, 0.2) is 53.6 Å². The number of hydrazone groups is 1. The fraction of sp³-hybridized carbons (Fsp3) is 0.261. The van der Waals surface area contributed by atoms with Crippen molar-refractivity contribution in [2.24, 2.45) is 5.10 Å². The maximum absolute atomic E-state index is 12.3. The smallest absolute Gasteiger partial charge is 0.257 e. The van der Waals surface area contributed by atoms with E-state index in [1.807, 2.05) is 43.3 Å². The van der Waals surface area contributed by atoms with E-state index in [1.165, 1.54) is 0 Å². The third-order valence-corrected chi connectivity index (χ3v) is 5.54. The van der Waals surface area contributed by atoms with Crippen molar-refractivity contribution in [1.29, 1.82) is 0 Å². The largest absolute Gasteiger partial charge is 0.372 e. The number of hydrogen-bond acceptors (Lipinski definition) is 7. The number of aryl methyl sites for hydroxylation is 1. The number of amides is 2. The molecule has 0 spiro atoms. The van der Waals surface area contributed by atoms with Gasteiger partial charge >= 0.3 is 0 Å². The summed E-state index contributed by atoms with van der Waals surface area (Å²) < 4.78 is 0. The Hall–Kier alpha value is -3.59. The quantitative estimate of drug-likeness (QED) is 0.383. The topological polar surface area (TPSA) is 99.6 Å². The molecular formula is C23H26N6O2S. The summed E-state index contributed by atoms with van der Waals surface area (Å²) in [5.41, 5.74) is 6.06. The molecule has 2 amide bonds. The molecule has 3 rings (SSSR count). The first-order valence-electron chi connectivity index (χ1n) is 10.4. The van der Waals surface area contributed by atoms with Crippen LogP contribution < -0.4 is 15.6 Å². The van der Waals surface area contributed by atoms with Gasteiger partial charge in [-0.3, -0.25) is 14.9 Å². The van der Waals surface area contributed by atoms with Crippen molar-refractivity contribution in [3.63, 3.8) is 0 Å². The minimum atomic E-state index is -0.311. The van der Waals surface area contributed by atoms with Crippen molar-refractivity contribution < 1.29 is 9.59 Å². The lowest BCUT2D eigenvalue weighted by Gasteiger charge is -2.20. The SMILES string of the molecule is CCN(CC)c1ccc(/C=N\NC(=O)Cc2nnc(NC(=O)c3cccc(C)c3)s2)cc1. The first kappa shape index (κ1) is 23.1. The fourth-order valence-electron chi connectivity index (χ4n) is 3.05. The Morgan fingerprint density at radius 3 is 2.53 bits per heavy atom. The Labute approximate surface area is 191 Å². The number of carbonyl (C=O) groups is 2. The molecule has 9 heteroatoms. The summed E-state index contributed by atoms with van der Waals surface area (Å²) in [6.45, 7) is 8.05. The van der Waals surface area contributed by atoms with Gasteiger partial charge in [-0.05, 0) is 50.6 Å². The third kappa shape index (κ3) is 6.45. The predicted octanol–water partition coefficient (Wildman–Crippen LogP) is 3.64. The second-order valence-corrected chi connectivity index (χ2v) is 8.12. The zero-order valence-electron chi connectivity index (χ0n) is 18.3. The molecule has 2 aromatic carbocycles. The molecule has 32 heavy (non-hydrogen) atoms. The van der Waals surface area contributed by atoms with E-state index in [-0.39, 0.29) is 18.2 Å². The van der Waals surface area contributed by atoms with Crippen molar-refractivity contribution in [2.75, 3.05) is 23.3 Å². The van der Waals surface area contributed by atoms with E-state index in [4.69, 9.17) is 0 Å². The fourth-order valence-corrected chi connectivity index (χ4v) is 3.78. The van der Waals surface area contributed by atoms with E-state index in [0.29, 0.717) is 15.7 Å². The van der Waals surface area contributed by atoms with Crippen LogP contribution in [-0.2, 0) is 11.2 Å². The summed E-state index contributed by atoms with van der Waals surface area (Å²) in [7, 11) is 0. The van der Waals surface area contributed by atoms with Gasteiger partial charge in [0.2, 0.25) is 11.0 Å². The number of nitrogens with zero attached hydrogens (tertiary/aromatic N) is 4. The van der Waals surface area contributed by atoms with Gasteiger partial charge in [-0.2, -0.15) is 5.10 Å². The van der Waals surface area contributed by atoms with E-state index in [2.05, 4.69) is 44.8 Å². The average Bonchev–Trinajstić information content (AvgIpc) is 3.22. The lowest BCUT2D eigenvalue weighted by atomic mass is 10.1. The number of rotatable bonds is 9. The second-order valence-electron chi connectivity index (χ2n) is 7.06. The number of benzene rings is 2. The first-order valence-corrected chi connectivity index (χ1v) is 11.2. The van der Waals surface area contributed by atoms with Crippen LogP contribution in [0.1, 0.15) is 40.3 Å². The third-order valence-electron chi connectivity index (χ3n) is 4.70. The van der Waals surface area contributed by atoms with Gasteiger partial charge in [0.15, 0.2) is 0 Å². The summed E-state index contributed by atoms with van der Waals surface area (Å²) in [5.74, 6) is -0.578. The molecule has 0 aliphatic carbocycles. The normalized spacial score (nSPS) is 10.8. The van der Waals surface area contributed by atoms with Gasteiger partial charge in [0, 0.05) is 24.3 Å². The Morgan fingerprint density at radius 1 is 1.09 bits per heavy atom. The first-order chi connectivity index (χ1) is 15.5. The standard InChI is InChI=1S/C23H26N6O2S/c1-4-29(5-2)19-11-9-17(10-12-19)15-24-26-20(30)14-21-27-28-23(32-21)25-22(31)18-8-6-7-16(3)13-18/h6-13,15H,4-5,14H2,1-3H3,(H,26,30)(H,25,28,31)/b24-15-. The zero-order valence-corrected chi connectivity index (χ0v) is 19.1. The molecule has 166 valence electrons. The van der Waals surface area contributed by atoms with Crippen molar-refractivity contribution in [2.45, 2.75) is 27.2 Å². The monoisotopic (exact) mass is 450 g/mol. The van der Waals surface area contributed by atoms with Crippen LogP contribution >= 0.6 is 11.3 Å². The summed E-state index contributed by atoms with van der Waals surface area (Å²) >= 11 is 1.16. The zero-order chi connectivity index (χ0) is 22.9. The highest BCUT2D eigenvalue weighted by atomic mass is 32.1. The molecule has 1 heterocycles. The van der Waals surface area contributed by atoms with E-state index >= 15 is 0 Å². The maximum atomic E-state index is 12.3. The van der Waals surface area contributed by atoms with Crippen molar-refractivity contribution >= 4 is 40.2 Å². The highest BCUT2D eigenvalue weighted by molar-refractivity contribution is 7.15. The van der Waals surface area contributed by atoms with Crippen LogP contribution in [0.25, 0.3) is 0 Å². The Bertz CT molecular complexity index is 1090. The lowest BCUT2D eigenvalue weighted by Crippen LogP contribution is -2.21. The summed E-state index contributed by atoms with van der Waals surface area (Å²) in [6.07, 6.45) is 1.62. The van der Waals surface area contributed by atoms with E-state index in [1.54, 1.807) is 18.3 Å². The van der Waals surface area contributed by atoms with Crippen LogP contribution in [-0.4, -0.2) is 41.3 Å². The van der Waals surface area contributed by atoms with Gasteiger partial charge in [0.25, 0.3) is 5.91 Å². The van der Waals surface area contributed by atoms with Crippen LogP contribution in [0.4, 0.5) is 10.8 Å². The summed E-state index contributed by atoms with van der Waals surface area (Å²) in [6, 6.07) is 15.2. The average molecular weight is 451 g/mol. The van der Waals surface area contributed by atoms with Gasteiger partial charge in [-0.15, -0.1) is 10.2 Å². The number of nitrogens with one attached hydrogen (secondary N) is 2. The van der Waals surface area contributed by atoms with E-state index < -0.39 is 0 Å². The highest BCUT2D eigenvalue weighted by Gasteiger charge is 2.12. The lowest BCUT2D eigenvalue weighted by molar-refractivity contribution is -0.120. The maximum Gasteiger partial charge on any atom is 0.257 e. The molecule has 0 fully saturated rings. The molecule has 0 aliphatic heterocycles. The molecule has 3 aromatic rings. The van der Waals surface area contributed by atoms with Gasteiger partial charge in [0.05, 0.1) is 12.6 Å². The summed E-state index contributed by atoms with van der Waals surface area (Å²) in [4.78, 5) is 26.7. The minimum Gasteiger partial charge on any atom is -0.372 e. The predicted molar refractivity (Wildman–Crippen MR) is 128 cm³/mol. The molecule has 0 bridgehead atoms. The van der Waals surface area contributed by atoms with Gasteiger partial charge in [0.1, 0.15) is 5.01 Å². The van der Waals surface area contributed by atoms with Crippen LogP contribution in [0.5, 0.6) is 0 Å². The number of anilines is 2. The number of hydrogen-bond donors (Lipinski definition) is 2. The molecule has 0 aliphatic rings. The van der Waals surface area contributed by atoms with Gasteiger partial charge in [-0.1, -0.05) is 41.2 Å². The molecule has 0 saturated heterocycles. The van der Waals surface area contributed by atoms with Gasteiger partial charge < -0.3 is 4.90 Å². The molecule has 0 atom stereocenters. The molecule has 8 nitrogen and oxygen atoms in total. The minimum absolute atomic E-state index is 0.0240. The van der Waals surface area contributed by atoms with Crippen LogP contribution in [0, 0.1) is 6.92 Å². The molecule has 0 saturated carbocycles. The summed E-state index contributed by atoms with van der Waals surface area (Å²) in [5, 5.41) is 15.4. The molecule has 0 unspecified atom stereocenters. The van der Waals surface area contributed by atoms with Gasteiger partial charge in [-0.25, -0.2) is 5.43 Å². The second kappa shape index (κ2) is 11.1. The van der Waals surface area contributed by atoms with Crippen LogP contribution in [0.3, 0.4) is 0 Å². The number of aromatic nitrogens is 2. The molecule has 1 aromatic heterocycles.